The maximum atomic E-state index is 12.6. The summed E-state index contributed by atoms with van der Waals surface area (Å²) in [5.41, 5.74) is -1.09. The number of piperidine rings is 2. The van der Waals surface area contributed by atoms with Crippen molar-refractivity contribution in [2.24, 2.45) is 5.41 Å². The van der Waals surface area contributed by atoms with Gasteiger partial charge in [-0.2, -0.15) is 0 Å². The summed E-state index contributed by atoms with van der Waals surface area (Å²) in [6, 6.07) is 0.594. The Kier molecular flexibility index (Phi) is 4.20. The standard InChI is InChI=1S/C16H26N2O3/c19-14(16(15(20)21)7-4-8-16)18-11-5-13(6-12-18)17-9-2-1-3-10-17/h13H,1-12H2,(H,20,21). The van der Waals surface area contributed by atoms with Crippen molar-refractivity contribution >= 4 is 11.9 Å². The molecule has 1 saturated carbocycles. The Morgan fingerprint density at radius 1 is 0.905 bits per heavy atom. The van der Waals surface area contributed by atoms with Gasteiger partial charge in [-0.05, 0) is 51.6 Å². The summed E-state index contributed by atoms with van der Waals surface area (Å²) in [6.07, 6.45) is 7.84. The van der Waals surface area contributed by atoms with Gasteiger partial charge in [0.2, 0.25) is 5.91 Å². The summed E-state index contributed by atoms with van der Waals surface area (Å²) in [7, 11) is 0. The molecular formula is C16H26N2O3. The van der Waals surface area contributed by atoms with Crippen LogP contribution in [0.25, 0.3) is 0 Å². The minimum absolute atomic E-state index is 0.127. The molecule has 1 amide bonds. The topological polar surface area (TPSA) is 60.9 Å². The SMILES string of the molecule is O=C(O)C1(C(=O)N2CCC(N3CCCCC3)CC2)CCC1. The number of hydrogen-bond donors (Lipinski definition) is 1. The largest absolute Gasteiger partial charge is 0.480 e. The maximum Gasteiger partial charge on any atom is 0.319 e. The quantitative estimate of drug-likeness (QED) is 0.805. The molecule has 1 N–H and O–H groups in total. The predicted octanol–water partition coefficient (Wildman–Crippen LogP) is 1.72. The fraction of sp³-hybridized carbons (Fsp3) is 0.875. The van der Waals surface area contributed by atoms with Crippen LogP contribution in [0, 0.1) is 5.41 Å². The van der Waals surface area contributed by atoms with Crippen molar-refractivity contribution in [1.82, 2.24) is 9.80 Å². The van der Waals surface area contributed by atoms with E-state index in [9.17, 15) is 14.7 Å². The van der Waals surface area contributed by atoms with Crippen molar-refractivity contribution in [3.8, 4) is 0 Å². The molecule has 0 bridgehead atoms. The van der Waals surface area contributed by atoms with E-state index in [1.54, 1.807) is 0 Å². The third kappa shape index (κ3) is 2.68. The van der Waals surface area contributed by atoms with Gasteiger partial charge in [0, 0.05) is 19.1 Å². The third-order valence-corrected chi connectivity index (χ3v) is 5.68. The lowest BCUT2D eigenvalue weighted by Gasteiger charge is -2.44. The van der Waals surface area contributed by atoms with Crippen LogP contribution in [0.2, 0.25) is 0 Å². The smallest absolute Gasteiger partial charge is 0.319 e. The number of carbonyl (C=O) groups is 2. The van der Waals surface area contributed by atoms with Crippen molar-refractivity contribution < 1.29 is 14.7 Å². The Labute approximate surface area is 126 Å². The van der Waals surface area contributed by atoms with Crippen LogP contribution in [-0.4, -0.2) is 59.0 Å². The molecule has 2 heterocycles. The van der Waals surface area contributed by atoms with Gasteiger partial charge in [-0.1, -0.05) is 12.8 Å². The van der Waals surface area contributed by atoms with Gasteiger partial charge < -0.3 is 14.9 Å². The van der Waals surface area contributed by atoms with E-state index in [1.807, 2.05) is 4.90 Å². The summed E-state index contributed by atoms with van der Waals surface area (Å²) in [5, 5.41) is 9.38. The average molecular weight is 294 g/mol. The summed E-state index contributed by atoms with van der Waals surface area (Å²) < 4.78 is 0. The first-order chi connectivity index (χ1) is 10.1. The van der Waals surface area contributed by atoms with E-state index in [1.165, 1.54) is 32.4 Å². The Hall–Kier alpha value is -1.10. The zero-order chi connectivity index (χ0) is 14.9. The van der Waals surface area contributed by atoms with E-state index in [-0.39, 0.29) is 5.91 Å². The Morgan fingerprint density at radius 2 is 1.52 bits per heavy atom. The van der Waals surface area contributed by atoms with Crippen LogP contribution in [0.4, 0.5) is 0 Å². The third-order valence-electron chi connectivity index (χ3n) is 5.68. The van der Waals surface area contributed by atoms with Crippen LogP contribution in [0.3, 0.4) is 0 Å². The summed E-state index contributed by atoms with van der Waals surface area (Å²) in [5.74, 6) is -1.05. The van der Waals surface area contributed by atoms with E-state index in [0.717, 1.165) is 32.4 Å². The van der Waals surface area contributed by atoms with Crippen molar-refractivity contribution in [1.29, 1.82) is 0 Å². The van der Waals surface area contributed by atoms with E-state index in [4.69, 9.17) is 0 Å². The second kappa shape index (κ2) is 5.95. The van der Waals surface area contributed by atoms with Gasteiger partial charge in [-0.3, -0.25) is 9.59 Å². The molecule has 0 aromatic carbocycles. The monoisotopic (exact) mass is 294 g/mol. The molecule has 0 atom stereocenters. The van der Waals surface area contributed by atoms with Crippen molar-refractivity contribution in [2.75, 3.05) is 26.2 Å². The minimum atomic E-state index is -1.09. The molecule has 5 heteroatoms. The second-order valence-corrected chi connectivity index (χ2v) is 6.86. The molecule has 0 radical (unpaired) electrons. The number of carbonyl (C=O) groups excluding carboxylic acids is 1. The van der Waals surface area contributed by atoms with E-state index >= 15 is 0 Å². The normalized spacial score (nSPS) is 27.1. The van der Waals surface area contributed by atoms with Crippen LogP contribution in [0.1, 0.15) is 51.4 Å². The van der Waals surface area contributed by atoms with Gasteiger partial charge in [0.05, 0.1) is 0 Å². The summed E-state index contributed by atoms with van der Waals surface area (Å²) >= 11 is 0. The number of carboxylic acid groups (broad SMARTS) is 1. The van der Waals surface area contributed by atoms with Crippen molar-refractivity contribution in [3.63, 3.8) is 0 Å². The molecule has 2 saturated heterocycles. The molecule has 1 aliphatic carbocycles. The molecule has 0 spiro atoms. The Balaban J connectivity index is 1.55. The summed E-state index contributed by atoms with van der Waals surface area (Å²) in [6.45, 7) is 3.85. The number of aliphatic carboxylic acids is 1. The maximum absolute atomic E-state index is 12.6. The molecule has 21 heavy (non-hydrogen) atoms. The summed E-state index contributed by atoms with van der Waals surface area (Å²) in [4.78, 5) is 28.4. The molecule has 118 valence electrons. The van der Waals surface area contributed by atoms with Crippen LogP contribution in [-0.2, 0) is 9.59 Å². The van der Waals surface area contributed by atoms with E-state index < -0.39 is 11.4 Å². The highest BCUT2D eigenvalue weighted by Crippen LogP contribution is 2.43. The highest BCUT2D eigenvalue weighted by Gasteiger charge is 2.53. The highest BCUT2D eigenvalue weighted by molar-refractivity contribution is 6.02. The molecule has 3 rings (SSSR count). The Morgan fingerprint density at radius 3 is 2.00 bits per heavy atom. The van der Waals surface area contributed by atoms with Crippen molar-refractivity contribution in [3.05, 3.63) is 0 Å². The molecular weight excluding hydrogens is 268 g/mol. The average Bonchev–Trinajstić information content (AvgIpc) is 2.47. The first-order valence-corrected chi connectivity index (χ1v) is 8.40. The lowest BCUT2D eigenvalue weighted by atomic mass is 9.67. The minimum Gasteiger partial charge on any atom is -0.480 e. The molecule has 3 fully saturated rings. The first-order valence-electron chi connectivity index (χ1n) is 8.40. The molecule has 0 aromatic rings. The van der Waals surface area contributed by atoms with Crippen LogP contribution < -0.4 is 0 Å². The number of carboxylic acids is 1. The van der Waals surface area contributed by atoms with Crippen LogP contribution in [0.5, 0.6) is 0 Å². The fourth-order valence-corrected chi connectivity index (χ4v) is 4.07. The Bertz CT molecular complexity index is 406. The van der Waals surface area contributed by atoms with E-state index in [0.29, 0.717) is 18.9 Å². The fourth-order valence-electron chi connectivity index (χ4n) is 4.07. The number of hydrogen-bond acceptors (Lipinski definition) is 3. The zero-order valence-corrected chi connectivity index (χ0v) is 12.7. The van der Waals surface area contributed by atoms with Gasteiger partial charge in [-0.25, -0.2) is 0 Å². The lowest BCUT2D eigenvalue weighted by Crippen LogP contribution is -2.56. The van der Waals surface area contributed by atoms with Gasteiger partial charge in [-0.15, -0.1) is 0 Å². The van der Waals surface area contributed by atoms with Gasteiger partial charge in [0.15, 0.2) is 0 Å². The van der Waals surface area contributed by atoms with Crippen LogP contribution >= 0.6 is 0 Å². The first kappa shape index (κ1) is 14.8. The number of nitrogens with zero attached hydrogens (tertiary/aromatic N) is 2. The number of amides is 1. The molecule has 3 aliphatic rings. The van der Waals surface area contributed by atoms with Gasteiger partial charge in [0.1, 0.15) is 5.41 Å². The lowest BCUT2D eigenvalue weighted by molar-refractivity contribution is -0.168. The molecule has 0 aromatic heterocycles. The molecule has 0 unspecified atom stereocenters. The number of rotatable bonds is 3. The predicted molar refractivity (Wildman–Crippen MR) is 78.9 cm³/mol. The van der Waals surface area contributed by atoms with E-state index in [2.05, 4.69) is 4.90 Å². The van der Waals surface area contributed by atoms with Crippen molar-refractivity contribution in [2.45, 2.75) is 57.4 Å². The second-order valence-electron chi connectivity index (χ2n) is 6.86. The van der Waals surface area contributed by atoms with Gasteiger partial charge >= 0.3 is 5.97 Å². The number of likely N-dealkylation sites (tertiary alicyclic amines) is 2. The van der Waals surface area contributed by atoms with Crippen LogP contribution in [0.15, 0.2) is 0 Å². The zero-order valence-electron chi connectivity index (χ0n) is 12.7. The highest BCUT2D eigenvalue weighted by atomic mass is 16.4. The molecule has 5 nitrogen and oxygen atoms in total. The van der Waals surface area contributed by atoms with Gasteiger partial charge in [0.25, 0.3) is 0 Å². The molecule has 2 aliphatic heterocycles.